The third kappa shape index (κ3) is 3.60. The maximum Gasteiger partial charge on any atom is 0.0848 e. The summed E-state index contributed by atoms with van der Waals surface area (Å²) in [6, 6.07) is 0. The minimum absolute atomic E-state index is 0.326. The van der Waals surface area contributed by atoms with Gasteiger partial charge in [-0.05, 0) is 12.3 Å². The van der Waals surface area contributed by atoms with E-state index in [1.165, 1.54) is 5.37 Å². The van der Waals surface area contributed by atoms with Crippen molar-refractivity contribution < 1.29 is 5.11 Å². The van der Waals surface area contributed by atoms with E-state index in [2.05, 4.69) is 19.1 Å². The molecule has 0 saturated heterocycles. The SMILES string of the molecule is CCCC(C)C(O)C=S. The Bertz CT molecular complexity index is 83.0. The van der Waals surface area contributed by atoms with Crippen molar-refractivity contribution in [3.63, 3.8) is 0 Å². The largest absolute Gasteiger partial charge is 0.388 e. The first-order valence-corrected chi connectivity index (χ1v) is 3.82. The second-order valence-electron chi connectivity index (χ2n) is 2.39. The molecule has 1 nitrogen and oxygen atoms in total. The van der Waals surface area contributed by atoms with Crippen molar-refractivity contribution in [3.05, 3.63) is 0 Å². The Morgan fingerprint density at radius 2 is 2.22 bits per heavy atom. The zero-order chi connectivity index (χ0) is 7.28. The molecule has 0 aromatic carbocycles. The first kappa shape index (κ1) is 9.05. The smallest absolute Gasteiger partial charge is 0.0848 e. The highest BCUT2D eigenvalue weighted by Crippen LogP contribution is 2.08. The zero-order valence-corrected chi connectivity index (χ0v) is 6.82. The molecule has 0 aromatic heterocycles. The number of aliphatic hydroxyl groups is 1. The van der Waals surface area contributed by atoms with Gasteiger partial charge >= 0.3 is 0 Å². The van der Waals surface area contributed by atoms with Crippen LogP contribution >= 0.6 is 12.2 Å². The Labute approximate surface area is 62.1 Å². The number of aliphatic hydroxyl groups excluding tert-OH is 1. The summed E-state index contributed by atoms with van der Waals surface area (Å²) < 4.78 is 0. The molecule has 0 aliphatic rings. The number of hydrogen-bond acceptors (Lipinski definition) is 2. The quantitative estimate of drug-likeness (QED) is 0.610. The first-order chi connectivity index (χ1) is 4.22. The molecular formula is C7H14OS. The summed E-state index contributed by atoms with van der Waals surface area (Å²) in [5.41, 5.74) is 0. The van der Waals surface area contributed by atoms with Crippen LogP contribution in [0.4, 0.5) is 0 Å². The fourth-order valence-corrected chi connectivity index (χ4v) is 1.03. The highest BCUT2D eigenvalue weighted by atomic mass is 32.1. The average molecular weight is 146 g/mol. The molecule has 0 spiro atoms. The van der Waals surface area contributed by atoms with Crippen molar-refractivity contribution in [2.75, 3.05) is 0 Å². The molecule has 0 saturated carbocycles. The predicted octanol–water partition coefficient (Wildman–Crippen LogP) is 1.78. The molecule has 0 aliphatic heterocycles. The monoisotopic (exact) mass is 146 g/mol. The first-order valence-electron chi connectivity index (χ1n) is 3.35. The lowest BCUT2D eigenvalue weighted by Crippen LogP contribution is -2.17. The molecule has 0 radical (unpaired) electrons. The van der Waals surface area contributed by atoms with Crippen molar-refractivity contribution >= 4 is 17.6 Å². The van der Waals surface area contributed by atoms with Gasteiger partial charge in [0, 0.05) is 5.37 Å². The molecule has 1 N–H and O–H groups in total. The van der Waals surface area contributed by atoms with Gasteiger partial charge in [0.1, 0.15) is 0 Å². The fourth-order valence-electron chi connectivity index (χ4n) is 0.760. The Hall–Kier alpha value is 0.0500. The summed E-state index contributed by atoms with van der Waals surface area (Å²) in [6.45, 7) is 4.11. The molecule has 2 heteroatoms. The normalized spacial score (nSPS) is 16.8. The lowest BCUT2D eigenvalue weighted by atomic mass is 10.0. The van der Waals surface area contributed by atoms with E-state index in [9.17, 15) is 0 Å². The molecule has 0 fully saturated rings. The second-order valence-corrected chi connectivity index (χ2v) is 2.66. The third-order valence-electron chi connectivity index (χ3n) is 1.47. The minimum atomic E-state index is -0.389. The Balaban J connectivity index is 3.44. The highest BCUT2D eigenvalue weighted by Gasteiger charge is 2.08. The van der Waals surface area contributed by atoms with Gasteiger partial charge < -0.3 is 5.11 Å². The van der Waals surface area contributed by atoms with Gasteiger partial charge in [-0.2, -0.15) is 0 Å². The highest BCUT2D eigenvalue weighted by molar-refractivity contribution is 7.79. The molecular weight excluding hydrogens is 132 g/mol. The number of hydrogen-bond donors (Lipinski definition) is 1. The van der Waals surface area contributed by atoms with Crippen molar-refractivity contribution in [1.82, 2.24) is 0 Å². The van der Waals surface area contributed by atoms with E-state index in [0.717, 1.165) is 12.8 Å². The van der Waals surface area contributed by atoms with Crippen LogP contribution in [-0.4, -0.2) is 16.6 Å². The summed E-state index contributed by atoms with van der Waals surface area (Å²) >= 11 is 4.59. The van der Waals surface area contributed by atoms with Gasteiger partial charge in [0.15, 0.2) is 0 Å². The van der Waals surface area contributed by atoms with Gasteiger partial charge in [0.05, 0.1) is 6.10 Å². The van der Waals surface area contributed by atoms with Gasteiger partial charge in [0.25, 0.3) is 0 Å². The summed E-state index contributed by atoms with van der Waals surface area (Å²) in [7, 11) is 0. The van der Waals surface area contributed by atoms with Crippen molar-refractivity contribution in [2.45, 2.75) is 32.8 Å². The van der Waals surface area contributed by atoms with Crippen molar-refractivity contribution in [1.29, 1.82) is 0 Å². The van der Waals surface area contributed by atoms with E-state index in [1.807, 2.05) is 6.92 Å². The summed E-state index contributed by atoms with van der Waals surface area (Å²) in [5, 5.41) is 10.5. The van der Waals surface area contributed by atoms with E-state index in [1.54, 1.807) is 0 Å². The van der Waals surface area contributed by atoms with Crippen LogP contribution in [0, 0.1) is 5.92 Å². The van der Waals surface area contributed by atoms with Gasteiger partial charge in [0.2, 0.25) is 0 Å². The fraction of sp³-hybridized carbons (Fsp3) is 0.857. The van der Waals surface area contributed by atoms with Crippen LogP contribution in [0.3, 0.4) is 0 Å². The number of thiocarbonyl (C=S) groups is 1. The van der Waals surface area contributed by atoms with Gasteiger partial charge in [-0.3, -0.25) is 0 Å². The zero-order valence-electron chi connectivity index (χ0n) is 6.00. The van der Waals surface area contributed by atoms with E-state index < -0.39 is 0 Å². The van der Waals surface area contributed by atoms with Crippen LogP contribution < -0.4 is 0 Å². The minimum Gasteiger partial charge on any atom is -0.388 e. The molecule has 0 aromatic rings. The molecule has 9 heavy (non-hydrogen) atoms. The Kier molecular flexibility index (Phi) is 4.91. The summed E-state index contributed by atoms with van der Waals surface area (Å²) in [6.07, 6.45) is 1.77. The van der Waals surface area contributed by atoms with Crippen LogP contribution in [0.25, 0.3) is 0 Å². The summed E-state index contributed by atoms with van der Waals surface area (Å²) in [5.74, 6) is 0.326. The number of rotatable bonds is 4. The molecule has 2 atom stereocenters. The van der Waals surface area contributed by atoms with Crippen LogP contribution in [0.1, 0.15) is 26.7 Å². The average Bonchev–Trinajstić information content (AvgIpc) is 1.87. The maximum absolute atomic E-state index is 9.10. The molecule has 54 valence electrons. The Morgan fingerprint density at radius 3 is 2.56 bits per heavy atom. The Morgan fingerprint density at radius 1 is 1.67 bits per heavy atom. The van der Waals surface area contributed by atoms with Gasteiger partial charge in [-0.15, -0.1) is 0 Å². The van der Waals surface area contributed by atoms with Crippen LogP contribution in [-0.2, 0) is 0 Å². The lowest BCUT2D eigenvalue weighted by Gasteiger charge is -2.12. The standard InChI is InChI=1S/C7H14OS/c1-3-4-6(2)7(8)5-9/h5-8H,3-4H2,1-2H3. The van der Waals surface area contributed by atoms with E-state index in [0.29, 0.717) is 5.92 Å². The summed E-state index contributed by atoms with van der Waals surface area (Å²) in [4.78, 5) is 0. The molecule has 0 rings (SSSR count). The van der Waals surface area contributed by atoms with E-state index in [4.69, 9.17) is 5.11 Å². The van der Waals surface area contributed by atoms with Crippen LogP contribution in [0.5, 0.6) is 0 Å². The van der Waals surface area contributed by atoms with Crippen LogP contribution in [0.2, 0.25) is 0 Å². The van der Waals surface area contributed by atoms with Gasteiger partial charge in [-0.1, -0.05) is 32.5 Å². The molecule has 0 aliphatic carbocycles. The molecule has 0 heterocycles. The predicted molar refractivity (Wildman–Crippen MR) is 43.7 cm³/mol. The van der Waals surface area contributed by atoms with E-state index in [-0.39, 0.29) is 6.10 Å². The maximum atomic E-state index is 9.10. The topological polar surface area (TPSA) is 20.2 Å². The lowest BCUT2D eigenvalue weighted by molar-refractivity contribution is 0.180. The van der Waals surface area contributed by atoms with Crippen LogP contribution in [0.15, 0.2) is 0 Å². The molecule has 0 amide bonds. The second kappa shape index (κ2) is 4.89. The van der Waals surface area contributed by atoms with Crippen molar-refractivity contribution in [3.8, 4) is 0 Å². The van der Waals surface area contributed by atoms with Gasteiger partial charge in [-0.25, -0.2) is 0 Å². The van der Waals surface area contributed by atoms with Crippen molar-refractivity contribution in [2.24, 2.45) is 5.92 Å². The van der Waals surface area contributed by atoms with E-state index >= 15 is 0 Å². The molecule has 2 unspecified atom stereocenters. The third-order valence-corrected chi connectivity index (χ3v) is 1.75. The molecule has 0 bridgehead atoms.